The molecule has 0 saturated carbocycles. The summed E-state index contributed by atoms with van der Waals surface area (Å²) in [7, 11) is 0. The lowest BCUT2D eigenvalue weighted by Crippen LogP contribution is -2.19. The number of ether oxygens (including phenoxy) is 1. The molecule has 128 valence electrons. The van der Waals surface area contributed by atoms with Gasteiger partial charge in [-0.25, -0.2) is 15.0 Å². The summed E-state index contributed by atoms with van der Waals surface area (Å²) in [5, 5.41) is 3.24. The summed E-state index contributed by atoms with van der Waals surface area (Å²) in [5.41, 5.74) is 3.17. The minimum atomic E-state index is 0.267. The minimum absolute atomic E-state index is 0.267. The lowest BCUT2D eigenvalue weighted by molar-refractivity contribution is 0.120. The first-order chi connectivity index (χ1) is 12.3. The highest BCUT2D eigenvalue weighted by atomic mass is 16.5. The lowest BCUT2D eigenvalue weighted by atomic mass is 10.2. The highest BCUT2D eigenvalue weighted by Crippen LogP contribution is 2.21. The SMILES string of the molecule is Cc1cccc(-n2ccnc2-c2cnc(NC[C@@H]3CCCO3)nc2)c1. The van der Waals surface area contributed by atoms with Crippen molar-refractivity contribution in [3.8, 4) is 17.1 Å². The van der Waals surface area contributed by atoms with Crippen molar-refractivity contribution in [3.63, 3.8) is 0 Å². The van der Waals surface area contributed by atoms with Gasteiger partial charge in [0.05, 0.1) is 11.7 Å². The van der Waals surface area contributed by atoms with Crippen LogP contribution in [0.4, 0.5) is 5.95 Å². The molecule has 0 radical (unpaired) electrons. The van der Waals surface area contributed by atoms with Gasteiger partial charge in [0.2, 0.25) is 5.95 Å². The molecule has 1 fully saturated rings. The molecule has 6 nitrogen and oxygen atoms in total. The van der Waals surface area contributed by atoms with Gasteiger partial charge in [-0.3, -0.25) is 4.57 Å². The molecule has 3 heterocycles. The fourth-order valence-electron chi connectivity index (χ4n) is 3.05. The molecule has 6 heteroatoms. The molecular formula is C19H21N5O. The van der Waals surface area contributed by atoms with Gasteiger partial charge in [-0.05, 0) is 37.5 Å². The second-order valence-electron chi connectivity index (χ2n) is 6.27. The molecule has 1 atom stereocenters. The number of hydrogen-bond acceptors (Lipinski definition) is 5. The Morgan fingerprint density at radius 1 is 1.24 bits per heavy atom. The van der Waals surface area contributed by atoms with E-state index in [2.05, 4.69) is 45.4 Å². The van der Waals surface area contributed by atoms with Crippen LogP contribution in [0.1, 0.15) is 18.4 Å². The van der Waals surface area contributed by atoms with Crippen LogP contribution >= 0.6 is 0 Å². The van der Waals surface area contributed by atoms with E-state index in [-0.39, 0.29) is 6.10 Å². The number of rotatable bonds is 5. The van der Waals surface area contributed by atoms with Crippen LogP contribution < -0.4 is 5.32 Å². The zero-order valence-electron chi connectivity index (χ0n) is 14.2. The zero-order chi connectivity index (χ0) is 17.1. The predicted molar refractivity (Wildman–Crippen MR) is 96.8 cm³/mol. The predicted octanol–water partition coefficient (Wildman–Crippen LogP) is 3.23. The van der Waals surface area contributed by atoms with Crippen molar-refractivity contribution >= 4 is 5.95 Å². The first-order valence-electron chi connectivity index (χ1n) is 8.58. The lowest BCUT2D eigenvalue weighted by Gasteiger charge is -2.11. The monoisotopic (exact) mass is 335 g/mol. The number of aryl methyl sites for hydroxylation is 1. The molecule has 1 aromatic carbocycles. The second-order valence-corrected chi connectivity index (χ2v) is 6.27. The number of hydrogen-bond donors (Lipinski definition) is 1. The van der Waals surface area contributed by atoms with E-state index in [9.17, 15) is 0 Å². The maximum Gasteiger partial charge on any atom is 0.222 e. The molecular weight excluding hydrogens is 314 g/mol. The van der Waals surface area contributed by atoms with Crippen LogP contribution in [0.2, 0.25) is 0 Å². The molecule has 0 aliphatic carbocycles. The van der Waals surface area contributed by atoms with Crippen LogP contribution in [-0.4, -0.2) is 38.8 Å². The Morgan fingerprint density at radius 3 is 2.88 bits per heavy atom. The average molecular weight is 335 g/mol. The third-order valence-corrected chi connectivity index (χ3v) is 4.34. The largest absolute Gasteiger partial charge is 0.376 e. The van der Waals surface area contributed by atoms with Crippen LogP contribution in [-0.2, 0) is 4.74 Å². The molecule has 0 bridgehead atoms. The van der Waals surface area contributed by atoms with Crippen molar-refractivity contribution in [3.05, 3.63) is 54.6 Å². The minimum Gasteiger partial charge on any atom is -0.376 e. The molecule has 3 aromatic rings. The van der Waals surface area contributed by atoms with E-state index >= 15 is 0 Å². The Kier molecular flexibility index (Phi) is 4.43. The summed E-state index contributed by atoms with van der Waals surface area (Å²) in [4.78, 5) is 13.3. The molecule has 25 heavy (non-hydrogen) atoms. The molecule has 1 aliphatic rings. The smallest absolute Gasteiger partial charge is 0.222 e. The number of nitrogens with one attached hydrogen (secondary N) is 1. The topological polar surface area (TPSA) is 64.9 Å². The van der Waals surface area contributed by atoms with Crippen molar-refractivity contribution in [1.82, 2.24) is 19.5 Å². The second kappa shape index (κ2) is 7.03. The average Bonchev–Trinajstić information content (AvgIpc) is 3.32. The molecule has 0 spiro atoms. The van der Waals surface area contributed by atoms with Crippen molar-refractivity contribution in [2.75, 3.05) is 18.5 Å². The third-order valence-electron chi connectivity index (χ3n) is 4.34. The van der Waals surface area contributed by atoms with Crippen molar-refractivity contribution in [2.24, 2.45) is 0 Å². The van der Waals surface area contributed by atoms with E-state index in [0.717, 1.165) is 43.1 Å². The molecule has 0 unspecified atom stereocenters. The Morgan fingerprint density at radius 2 is 2.12 bits per heavy atom. The van der Waals surface area contributed by atoms with E-state index in [0.29, 0.717) is 5.95 Å². The Labute approximate surface area is 146 Å². The van der Waals surface area contributed by atoms with Crippen molar-refractivity contribution in [1.29, 1.82) is 0 Å². The summed E-state index contributed by atoms with van der Waals surface area (Å²) in [6, 6.07) is 8.32. The maximum atomic E-state index is 5.60. The van der Waals surface area contributed by atoms with Gasteiger partial charge in [0, 0.05) is 43.6 Å². The van der Waals surface area contributed by atoms with Gasteiger partial charge < -0.3 is 10.1 Å². The van der Waals surface area contributed by atoms with Crippen molar-refractivity contribution in [2.45, 2.75) is 25.9 Å². The fourth-order valence-corrected chi connectivity index (χ4v) is 3.05. The normalized spacial score (nSPS) is 16.9. The van der Waals surface area contributed by atoms with Crippen LogP contribution in [0.25, 0.3) is 17.1 Å². The molecule has 1 N–H and O–H groups in total. The van der Waals surface area contributed by atoms with E-state index < -0.39 is 0 Å². The van der Waals surface area contributed by atoms with Gasteiger partial charge in [0.1, 0.15) is 5.82 Å². The molecule has 4 rings (SSSR count). The summed E-state index contributed by atoms with van der Waals surface area (Å²) in [6.45, 7) is 3.68. The van der Waals surface area contributed by atoms with E-state index in [4.69, 9.17) is 4.74 Å². The van der Waals surface area contributed by atoms with E-state index in [1.54, 1.807) is 18.6 Å². The van der Waals surface area contributed by atoms with Gasteiger partial charge in [-0.15, -0.1) is 0 Å². The molecule has 2 aromatic heterocycles. The molecule has 1 saturated heterocycles. The van der Waals surface area contributed by atoms with Crippen LogP contribution in [0.3, 0.4) is 0 Å². The number of aromatic nitrogens is 4. The number of benzene rings is 1. The molecule has 0 amide bonds. The number of anilines is 1. The first-order valence-corrected chi connectivity index (χ1v) is 8.58. The summed E-state index contributed by atoms with van der Waals surface area (Å²) in [5.74, 6) is 1.45. The maximum absolute atomic E-state index is 5.60. The summed E-state index contributed by atoms with van der Waals surface area (Å²) in [6.07, 6.45) is 9.85. The Hall–Kier alpha value is -2.73. The van der Waals surface area contributed by atoms with Gasteiger partial charge in [-0.2, -0.15) is 0 Å². The number of nitrogens with zero attached hydrogens (tertiary/aromatic N) is 4. The van der Waals surface area contributed by atoms with Gasteiger partial charge in [0.25, 0.3) is 0 Å². The Bertz CT molecular complexity index is 837. The quantitative estimate of drug-likeness (QED) is 0.775. The third kappa shape index (κ3) is 3.53. The summed E-state index contributed by atoms with van der Waals surface area (Å²) < 4.78 is 7.65. The van der Waals surface area contributed by atoms with Gasteiger partial charge in [0.15, 0.2) is 0 Å². The Balaban J connectivity index is 1.52. The standard InChI is InChI=1S/C19H21N5O/c1-14-4-2-5-16(10-14)24-8-7-20-18(24)15-11-21-19(22-12-15)23-13-17-6-3-9-25-17/h2,4-5,7-8,10-12,17H,3,6,9,13H2,1H3,(H,21,22,23)/t17-/m0/s1. The van der Waals surface area contributed by atoms with E-state index in [1.165, 1.54) is 5.56 Å². The summed E-state index contributed by atoms with van der Waals surface area (Å²) >= 11 is 0. The van der Waals surface area contributed by atoms with Gasteiger partial charge in [-0.1, -0.05) is 12.1 Å². The first kappa shape index (κ1) is 15.8. The molecule has 1 aliphatic heterocycles. The van der Waals surface area contributed by atoms with Crippen LogP contribution in [0.15, 0.2) is 49.1 Å². The van der Waals surface area contributed by atoms with Crippen LogP contribution in [0, 0.1) is 6.92 Å². The van der Waals surface area contributed by atoms with Crippen LogP contribution in [0.5, 0.6) is 0 Å². The highest BCUT2D eigenvalue weighted by molar-refractivity contribution is 5.57. The van der Waals surface area contributed by atoms with Crippen molar-refractivity contribution < 1.29 is 4.74 Å². The fraction of sp³-hybridized carbons (Fsp3) is 0.316. The highest BCUT2D eigenvalue weighted by Gasteiger charge is 2.15. The van der Waals surface area contributed by atoms with E-state index in [1.807, 2.05) is 16.8 Å². The zero-order valence-corrected chi connectivity index (χ0v) is 14.2. The van der Waals surface area contributed by atoms with Gasteiger partial charge >= 0.3 is 0 Å². The number of imidazole rings is 1.